The fourth-order valence-corrected chi connectivity index (χ4v) is 2.41. The molecule has 0 amide bonds. The van der Waals surface area contributed by atoms with Crippen LogP contribution in [0.1, 0.15) is 50.0 Å². The molecule has 0 aliphatic carbocycles. The van der Waals surface area contributed by atoms with Crippen LogP contribution in [0.15, 0.2) is 48.5 Å². The van der Waals surface area contributed by atoms with E-state index in [9.17, 15) is 15.0 Å². The Morgan fingerprint density at radius 1 is 1.15 bits per heavy atom. The Labute approximate surface area is 161 Å². The van der Waals surface area contributed by atoms with E-state index in [-0.39, 0.29) is 24.2 Å². The molecule has 0 spiro atoms. The first kappa shape index (κ1) is 22.8. The molecule has 0 fully saturated rings. The predicted octanol–water partition coefficient (Wildman–Crippen LogP) is 3.12. The van der Waals surface area contributed by atoms with Crippen LogP contribution in [0.25, 0.3) is 0 Å². The van der Waals surface area contributed by atoms with Crippen LogP contribution in [0, 0.1) is 0 Å². The van der Waals surface area contributed by atoms with Crippen LogP contribution in [-0.2, 0) is 17.8 Å². The van der Waals surface area contributed by atoms with Crippen molar-refractivity contribution >= 4 is 5.78 Å². The summed E-state index contributed by atoms with van der Waals surface area (Å²) < 4.78 is 0. The highest BCUT2D eigenvalue weighted by Crippen LogP contribution is 2.22. The summed E-state index contributed by atoms with van der Waals surface area (Å²) in [6.45, 7) is 5.69. The smallest absolute Gasteiger partial charge is 0.129 e. The summed E-state index contributed by atoms with van der Waals surface area (Å²) in [5.74, 6) is 0.300. The third-order valence-electron chi connectivity index (χ3n) is 4.20. The van der Waals surface area contributed by atoms with Gasteiger partial charge < -0.3 is 25.4 Å². The zero-order valence-electron chi connectivity index (χ0n) is 16.4. The summed E-state index contributed by atoms with van der Waals surface area (Å²) >= 11 is 0. The molecule has 27 heavy (non-hydrogen) atoms. The maximum absolute atomic E-state index is 10.2. The summed E-state index contributed by atoms with van der Waals surface area (Å²) in [7, 11) is 0. The van der Waals surface area contributed by atoms with Gasteiger partial charge in [-0.2, -0.15) is 0 Å². The Balaban J connectivity index is 0.000000646. The quantitative estimate of drug-likeness (QED) is 0.571. The summed E-state index contributed by atoms with van der Waals surface area (Å²) in [5, 5.41) is 32.2. The van der Waals surface area contributed by atoms with Gasteiger partial charge in [-0.3, -0.25) is 0 Å². The van der Waals surface area contributed by atoms with Gasteiger partial charge in [-0.05, 0) is 43.5 Å². The summed E-state index contributed by atoms with van der Waals surface area (Å²) in [5.41, 5.74) is 2.36. The van der Waals surface area contributed by atoms with Crippen molar-refractivity contribution in [3.8, 4) is 5.75 Å². The Morgan fingerprint density at radius 3 is 2.33 bits per heavy atom. The van der Waals surface area contributed by atoms with Crippen molar-refractivity contribution in [1.29, 1.82) is 0 Å². The lowest BCUT2D eigenvalue weighted by Crippen LogP contribution is -2.32. The summed E-state index contributed by atoms with van der Waals surface area (Å²) in [4.78, 5) is 9.81. The molecule has 0 aliphatic heterocycles. The summed E-state index contributed by atoms with van der Waals surface area (Å²) in [6.07, 6.45) is 0.884. The first-order chi connectivity index (χ1) is 12.9. The zero-order valence-corrected chi connectivity index (χ0v) is 16.4. The molecule has 0 saturated carbocycles. The van der Waals surface area contributed by atoms with Gasteiger partial charge in [-0.25, -0.2) is 0 Å². The Hall–Kier alpha value is -2.21. The second-order valence-electron chi connectivity index (χ2n) is 6.62. The average molecular weight is 373 g/mol. The largest absolute Gasteiger partial charge is 0.508 e. The number of aromatic hydroxyl groups is 1. The fourth-order valence-electron chi connectivity index (χ4n) is 2.41. The van der Waals surface area contributed by atoms with Gasteiger partial charge in [0.2, 0.25) is 0 Å². The Kier molecular flexibility index (Phi) is 10.3. The number of Topliss-reactive ketones (excluding diaryl/α,β-unsaturated/α-hetero) is 1. The first-order valence-electron chi connectivity index (χ1n) is 9.24. The van der Waals surface area contributed by atoms with E-state index in [4.69, 9.17) is 5.11 Å². The van der Waals surface area contributed by atoms with Crippen molar-refractivity contribution < 1.29 is 20.1 Å². The van der Waals surface area contributed by atoms with Crippen LogP contribution in [0.5, 0.6) is 5.75 Å². The maximum Gasteiger partial charge on any atom is 0.129 e. The molecule has 5 nitrogen and oxygen atoms in total. The first-order valence-corrected chi connectivity index (χ1v) is 9.24. The van der Waals surface area contributed by atoms with Gasteiger partial charge in [0.05, 0.1) is 12.7 Å². The summed E-state index contributed by atoms with van der Waals surface area (Å²) in [6, 6.07) is 15.2. The number of carbonyl (C=O) groups is 1. The van der Waals surface area contributed by atoms with E-state index in [1.807, 2.05) is 25.1 Å². The number of aliphatic hydroxyl groups excluding tert-OH is 2. The van der Waals surface area contributed by atoms with E-state index in [1.165, 1.54) is 11.6 Å². The lowest BCUT2D eigenvalue weighted by Gasteiger charge is -2.18. The van der Waals surface area contributed by atoms with Crippen molar-refractivity contribution in [2.45, 2.75) is 52.4 Å². The van der Waals surface area contributed by atoms with E-state index in [1.54, 1.807) is 19.1 Å². The lowest BCUT2D eigenvalue weighted by atomic mass is 10.0. The number of hydrogen-bond acceptors (Lipinski definition) is 5. The molecule has 0 radical (unpaired) electrons. The van der Waals surface area contributed by atoms with E-state index >= 15 is 0 Å². The van der Waals surface area contributed by atoms with Crippen LogP contribution in [0.3, 0.4) is 0 Å². The van der Waals surface area contributed by atoms with Gasteiger partial charge in [-0.1, -0.05) is 43.3 Å². The highest BCUT2D eigenvalue weighted by molar-refractivity contribution is 5.74. The number of phenols is 1. The second kappa shape index (κ2) is 12.2. The molecule has 2 aromatic rings. The van der Waals surface area contributed by atoms with Crippen molar-refractivity contribution in [2.24, 2.45) is 0 Å². The Morgan fingerprint density at radius 2 is 1.78 bits per heavy atom. The van der Waals surface area contributed by atoms with E-state index in [0.29, 0.717) is 24.1 Å². The Bertz CT molecular complexity index is 688. The third-order valence-corrected chi connectivity index (χ3v) is 4.20. The molecule has 0 heterocycles. The number of nitrogens with one attached hydrogen (secondary N) is 1. The zero-order chi connectivity index (χ0) is 20.2. The molecular formula is C22H31NO4. The molecule has 2 aromatic carbocycles. The number of hydrogen-bond donors (Lipinski definition) is 4. The molecule has 4 N–H and O–H groups in total. The van der Waals surface area contributed by atoms with Crippen molar-refractivity contribution in [3.05, 3.63) is 65.2 Å². The van der Waals surface area contributed by atoms with Crippen LogP contribution >= 0.6 is 0 Å². The van der Waals surface area contributed by atoms with Gasteiger partial charge in [0.25, 0.3) is 0 Å². The number of aliphatic hydroxyl groups is 2. The number of benzene rings is 2. The fraction of sp³-hybridized carbons (Fsp3) is 0.409. The maximum atomic E-state index is 10.2. The molecule has 0 aliphatic rings. The topological polar surface area (TPSA) is 89.8 Å². The monoisotopic (exact) mass is 373 g/mol. The van der Waals surface area contributed by atoms with Crippen molar-refractivity contribution in [2.75, 3.05) is 6.54 Å². The lowest BCUT2D eigenvalue weighted by molar-refractivity contribution is -0.116. The van der Waals surface area contributed by atoms with Gasteiger partial charge >= 0.3 is 0 Å². The minimum atomic E-state index is -0.677. The average Bonchev–Trinajstić information content (AvgIpc) is 2.67. The van der Waals surface area contributed by atoms with Crippen LogP contribution < -0.4 is 5.32 Å². The third kappa shape index (κ3) is 8.82. The molecule has 0 aromatic heterocycles. The highest BCUT2D eigenvalue weighted by Gasteiger charge is 2.12. The SMILES string of the molecule is CCC(C)=O.C[C@H](Cc1ccccc1)NC[C@H](O)c1ccc(O)c(CO)c1. The second-order valence-corrected chi connectivity index (χ2v) is 6.62. The van der Waals surface area contributed by atoms with E-state index in [2.05, 4.69) is 24.4 Å². The minimum absolute atomic E-state index is 0.0452. The number of ketones is 1. The molecule has 2 rings (SSSR count). The van der Waals surface area contributed by atoms with Crippen LogP contribution in [-0.4, -0.2) is 33.7 Å². The molecule has 0 bridgehead atoms. The van der Waals surface area contributed by atoms with Gasteiger partial charge in [0.15, 0.2) is 0 Å². The van der Waals surface area contributed by atoms with E-state index < -0.39 is 6.10 Å². The van der Waals surface area contributed by atoms with E-state index in [0.717, 1.165) is 6.42 Å². The molecule has 5 heteroatoms. The molecule has 0 saturated heterocycles. The molecule has 148 valence electrons. The molecule has 2 atom stereocenters. The van der Waals surface area contributed by atoms with Crippen molar-refractivity contribution in [3.63, 3.8) is 0 Å². The number of carbonyl (C=O) groups excluding carboxylic acids is 1. The van der Waals surface area contributed by atoms with Crippen LogP contribution in [0.4, 0.5) is 0 Å². The van der Waals surface area contributed by atoms with Gasteiger partial charge in [0, 0.05) is 24.6 Å². The van der Waals surface area contributed by atoms with Crippen LogP contribution in [0.2, 0.25) is 0 Å². The van der Waals surface area contributed by atoms with Gasteiger partial charge in [0.1, 0.15) is 11.5 Å². The van der Waals surface area contributed by atoms with Crippen molar-refractivity contribution in [1.82, 2.24) is 5.32 Å². The number of rotatable bonds is 8. The van der Waals surface area contributed by atoms with Gasteiger partial charge in [-0.15, -0.1) is 0 Å². The molecular weight excluding hydrogens is 342 g/mol. The molecule has 0 unspecified atom stereocenters. The standard InChI is InChI=1S/C18H23NO3.C4H8O/c1-13(9-14-5-3-2-4-6-14)19-11-18(22)15-7-8-17(21)16(10-15)12-20;1-3-4(2)5/h2-8,10,13,18-22H,9,11-12H2,1H3;3H2,1-2H3/t13-,18+;/m1./s1. The highest BCUT2D eigenvalue weighted by atomic mass is 16.3. The normalized spacial score (nSPS) is 12.6. The predicted molar refractivity (Wildman–Crippen MR) is 108 cm³/mol. The minimum Gasteiger partial charge on any atom is -0.508 e.